The predicted octanol–water partition coefficient (Wildman–Crippen LogP) is 5.48. The van der Waals surface area contributed by atoms with Crippen LogP contribution in [0.2, 0.25) is 0 Å². The summed E-state index contributed by atoms with van der Waals surface area (Å²) in [6, 6.07) is 15.5. The number of ether oxygens (including phenoxy) is 2. The zero-order valence-corrected chi connectivity index (χ0v) is 37.8. The fourth-order valence-corrected chi connectivity index (χ4v) is 9.29. The molecule has 4 amide bonds. The van der Waals surface area contributed by atoms with Crippen molar-refractivity contribution in [2.75, 3.05) is 47.9 Å². The van der Waals surface area contributed by atoms with Crippen molar-refractivity contribution >= 4 is 35.0 Å². The molecule has 330 valence electrons. The number of rotatable bonds is 23. The average molecular weight is 849 g/mol. The van der Waals surface area contributed by atoms with Crippen LogP contribution in [0.25, 0.3) is 0 Å². The van der Waals surface area contributed by atoms with Gasteiger partial charge in [-0.2, -0.15) is 0 Å². The quantitative estimate of drug-likeness (QED) is 0.113. The Hall–Kier alpha value is -4.37. The Labute approximate surface area is 361 Å². The zero-order valence-electron chi connectivity index (χ0n) is 37.0. The average Bonchev–Trinajstić information content (AvgIpc) is 3.96. The number of likely N-dealkylation sites (N-methyl/N-ethyl adjacent to an activating group) is 2. The number of amides is 4. The summed E-state index contributed by atoms with van der Waals surface area (Å²) in [6.45, 7) is 10.8. The van der Waals surface area contributed by atoms with Crippen molar-refractivity contribution in [2.45, 2.75) is 110 Å². The smallest absolute Gasteiger partial charge is 0.242 e. The monoisotopic (exact) mass is 848 g/mol. The second-order valence-corrected chi connectivity index (χ2v) is 17.5. The molecule has 0 radical (unpaired) electrons. The van der Waals surface area contributed by atoms with Gasteiger partial charge in [0.15, 0.2) is 0 Å². The van der Waals surface area contributed by atoms with Gasteiger partial charge in [-0.25, -0.2) is 4.98 Å². The van der Waals surface area contributed by atoms with E-state index in [4.69, 9.17) is 9.47 Å². The molecule has 3 aromatic rings. The zero-order chi connectivity index (χ0) is 43.9. The third-order valence-electron chi connectivity index (χ3n) is 12.1. The van der Waals surface area contributed by atoms with Gasteiger partial charge in [0, 0.05) is 45.9 Å². The molecule has 8 atom stereocenters. The van der Waals surface area contributed by atoms with Gasteiger partial charge < -0.3 is 35.0 Å². The maximum absolute atomic E-state index is 14.3. The minimum Gasteiger partial charge on any atom is -0.508 e. The van der Waals surface area contributed by atoms with Crippen molar-refractivity contribution in [3.8, 4) is 5.75 Å². The van der Waals surface area contributed by atoms with Crippen LogP contribution in [0.15, 0.2) is 66.2 Å². The van der Waals surface area contributed by atoms with Gasteiger partial charge in [0.25, 0.3) is 0 Å². The minimum absolute atomic E-state index is 0.0102. The Morgan fingerprint density at radius 3 is 2.27 bits per heavy atom. The maximum Gasteiger partial charge on any atom is 0.242 e. The molecular weight excluding hydrogens is 781 g/mol. The van der Waals surface area contributed by atoms with E-state index in [0.717, 1.165) is 29.0 Å². The van der Waals surface area contributed by atoms with Crippen LogP contribution in [-0.2, 0) is 41.5 Å². The first-order valence-electron chi connectivity index (χ1n) is 21.3. The summed E-state index contributed by atoms with van der Waals surface area (Å²) in [5.74, 6) is -1.19. The first-order valence-corrected chi connectivity index (χ1v) is 22.2. The number of hydrogen-bond acceptors (Lipinski definition) is 10. The van der Waals surface area contributed by atoms with Crippen LogP contribution in [0.4, 0.5) is 0 Å². The Balaban J connectivity index is 1.40. The fraction of sp³-hybridized carbons (Fsp3) is 0.587. The molecule has 1 fully saturated rings. The van der Waals surface area contributed by atoms with E-state index in [1.54, 1.807) is 44.5 Å². The van der Waals surface area contributed by atoms with Crippen molar-refractivity contribution in [3.63, 3.8) is 0 Å². The number of nitrogens with zero attached hydrogens (tertiary/aromatic N) is 4. The number of phenols is 1. The largest absolute Gasteiger partial charge is 0.508 e. The van der Waals surface area contributed by atoms with Crippen LogP contribution >= 0.6 is 11.3 Å². The molecular formula is C46H68N6O7S. The molecule has 1 aromatic heterocycles. The third-order valence-corrected chi connectivity index (χ3v) is 13.0. The molecule has 0 saturated carbocycles. The van der Waals surface area contributed by atoms with Gasteiger partial charge in [-0.1, -0.05) is 83.5 Å². The number of carbonyl (C=O) groups excluding carboxylic acids is 4. The molecule has 1 aliphatic heterocycles. The normalized spacial score (nSPS) is 17.7. The lowest BCUT2D eigenvalue weighted by Crippen LogP contribution is -2.55. The van der Waals surface area contributed by atoms with Crippen LogP contribution in [0, 0.1) is 17.8 Å². The van der Waals surface area contributed by atoms with Gasteiger partial charge in [-0.3, -0.25) is 24.1 Å². The van der Waals surface area contributed by atoms with Crippen LogP contribution in [-0.4, -0.2) is 127 Å². The van der Waals surface area contributed by atoms with Crippen LogP contribution in [0.5, 0.6) is 5.75 Å². The number of likely N-dealkylation sites (tertiary alicyclic amines) is 1. The number of nitrogens with one attached hydrogen (secondary N) is 2. The molecule has 0 bridgehead atoms. The van der Waals surface area contributed by atoms with Crippen LogP contribution in [0.1, 0.15) is 82.5 Å². The summed E-state index contributed by atoms with van der Waals surface area (Å²) < 4.78 is 12.0. The van der Waals surface area contributed by atoms with Gasteiger partial charge in [-0.05, 0) is 67.8 Å². The summed E-state index contributed by atoms with van der Waals surface area (Å²) in [6.07, 6.45) is 4.10. The van der Waals surface area contributed by atoms with E-state index in [0.29, 0.717) is 32.4 Å². The molecule has 1 aliphatic rings. The van der Waals surface area contributed by atoms with Gasteiger partial charge in [0.2, 0.25) is 23.6 Å². The molecule has 60 heavy (non-hydrogen) atoms. The number of aromatic nitrogens is 1. The summed E-state index contributed by atoms with van der Waals surface area (Å²) in [5.41, 5.74) is 2.14. The van der Waals surface area contributed by atoms with E-state index in [2.05, 4.69) is 15.6 Å². The number of phenolic OH excluding ortho intramolecular Hbond substituents is 1. The molecule has 0 aliphatic carbocycles. The second kappa shape index (κ2) is 23.6. The number of carbonyl (C=O) groups is 4. The van der Waals surface area contributed by atoms with Gasteiger partial charge >= 0.3 is 0 Å². The number of benzene rings is 2. The number of methoxy groups -OCH3 is 2. The Morgan fingerprint density at radius 1 is 0.967 bits per heavy atom. The summed E-state index contributed by atoms with van der Waals surface area (Å²) in [4.78, 5) is 65.5. The Morgan fingerprint density at radius 2 is 1.67 bits per heavy atom. The van der Waals surface area contributed by atoms with Crippen molar-refractivity contribution in [1.82, 2.24) is 30.3 Å². The molecule has 13 nitrogen and oxygen atoms in total. The number of thiazole rings is 1. The Kier molecular flexibility index (Phi) is 19.0. The third kappa shape index (κ3) is 13.1. The van der Waals surface area contributed by atoms with Crippen LogP contribution in [0.3, 0.4) is 0 Å². The van der Waals surface area contributed by atoms with E-state index < -0.39 is 30.2 Å². The fourth-order valence-electron chi connectivity index (χ4n) is 8.60. The highest BCUT2D eigenvalue weighted by atomic mass is 32.1. The van der Waals surface area contributed by atoms with E-state index in [9.17, 15) is 24.3 Å². The van der Waals surface area contributed by atoms with Crippen molar-refractivity contribution in [2.24, 2.45) is 17.8 Å². The molecule has 3 N–H and O–H groups in total. The summed E-state index contributed by atoms with van der Waals surface area (Å²) >= 11 is 1.50. The van der Waals surface area contributed by atoms with E-state index in [1.807, 2.05) is 99.3 Å². The summed E-state index contributed by atoms with van der Waals surface area (Å²) in [7, 11) is 6.77. The highest BCUT2D eigenvalue weighted by molar-refractivity contribution is 7.09. The molecule has 4 rings (SSSR count). The topological polar surface area (TPSA) is 154 Å². The van der Waals surface area contributed by atoms with E-state index >= 15 is 0 Å². The predicted molar refractivity (Wildman–Crippen MR) is 235 cm³/mol. The van der Waals surface area contributed by atoms with Gasteiger partial charge in [0.05, 0.1) is 55.3 Å². The maximum atomic E-state index is 14.3. The molecule has 8 unspecified atom stereocenters. The SMILES string of the molecule is CCC(C)C(C(CC(=O)N1CCCC1C(OC)C(C)C(=O)NC(Cc1ccccc1)c1nccs1)OC)N(C)C(=O)CNC(=O)C(C(C)C)N(C)CCc1ccc(O)cc1. The summed E-state index contributed by atoms with van der Waals surface area (Å²) in [5, 5.41) is 18.5. The van der Waals surface area contributed by atoms with E-state index in [-0.39, 0.29) is 66.3 Å². The first-order chi connectivity index (χ1) is 28.7. The molecule has 2 aromatic carbocycles. The van der Waals surface area contributed by atoms with Gasteiger partial charge in [-0.15, -0.1) is 11.3 Å². The number of hydrogen-bond donors (Lipinski definition) is 3. The van der Waals surface area contributed by atoms with Gasteiger partial charge in [0.1, 0.15) is 10.8 Å². The molecule has 1 saturated heterocycles. The number of aromatic hydroxyl groups is 1. The molecule has 14 heteroatoms. The van der Waals surface area contributed by atoms with Crippen LogP contribution < -0.4 is 10.6 Å². The van der Waals surface area contributed by atoms with Crippen molar-refractivity contribution < 1.29 is 33.8 Å². The Bertz CT molecular complexity index is 1780. The lowest BCUT2D eigenvalue weighted by molar-refractivity contribution is -0.146. The van der Waals surface area contributed by atoms with Crippen molar-refractivity contribution in [1.29, 1.82) is 0 Å². The lowest BCUT2D eigenvalue weighted by Gasteiger charge is -2.39. The van der Waals surface area contributed by atoms with Crippen molar-refractivity contribution in [3.05, 3.63) is 82.3 Å². The second-order valence-electron chi connectivity index (χ2n) is 16.6. The molecule has 2 heterocycles. The minimum atomic E-state index is -0.619. The first kappa shape index (κ1) is 48.3. The van der Waals surface area contributed by atoms with E-state index in [1.165, 1.54) is 11.3 Å². The molecule has 0 spiro atoms. The standard InChI is InChI=1S/C46H68N6O7S/c1-10-31(4)42(51(7)40(55)29-48-45(57)41(30(2)3)50(6)25-22-33-18-20-35(53)21-19-33)38(58-8)28-39(54)52-24-14-17-37(52)43(59-9)32(5)44(56)49-36(46-47-23-26-60-46)27-34-15-12-11-13-16-34/h11-13,15-16,18-21,23,26,30-32,36-38,41-43,53H,10,14,17,22,24-25,27-29H2,1-9H3,(H,48,57)(H,49,56). The lowest BCUT2D eigenvalue weighted by atomic mass is 9.90. The highest BCUT2D eigenvalue weighted by Gasteiger charge is 2.42. The highest BCUT2D eigenvalue weighted by Crippen LogP contribution is 2.30.